The molecule has 0 bridgehead atoms. The minimum Gasteiger partial charge on any atom is -0.460 e. The molecule has 0 unspecified atom stereocenters. The summed E-state index contributed by atoms with van der Waals surface area (Å²) in [5, 5.41) is 2.10. The van der Waals surface area contributed by atoms with Crippen molar-refractivity contribution in [3.05, 3.63) is 22.8 Å². The van der Waals surface area contributed by atoms with Crippen LogP contribution >= 0.6 is 31.9 Å². The lowest BCUT2D eigenvalue weighted by atomic mass is 10.3. The minimum atomic E-state index is -0.768. The van der Waals surface area contributed by atoms with Crippen LogP contribution < -0.4 is 0 Å². The third-order valence-electron chi connectivity index (χ3n) is 2.18. The molecule has 0 aromatic heterocycles. The number of carbonyl (C=O) groups is 2. The molecule has 124 valence electrons. The highest BCUT2D eigenvalue weighted by Crippen LogP contribution is 2.40. The van der Waals surface area contributed by atoms with Crippen LogP contribution in [0.25, 0.3) is 9.69 Å². The first-order chi connectivity index (χ1) is 10.5. The minimum absolute atomic E-state index is 0.159. The topological polar surface area (TPSA) is 61.3 Å². The average Bonchev–Trinajstić information content (AvgIpc) is 3.30. The summed E-state index contributed by atoms with van der Waals surface area (Å²) in [6, 6.07) is 0. The number of ether oxygens (including phenoxy) is 2. The van der Waals surface area contributed by atoms with E-state index in [1.807, 2.05) is 0 Å². The Morgan fingerprint density at radius 3 is 1.86 bits per heavy atom. The van der Waals surface area contributed by atoms with Crippen LogP contribution in [0.5, 0.6) is 0 Å². The normalized spacial score (nSPS) is 12.8. The average molecular weight is 440 g/mol. The molecule has 1 aliphatic carbocycles. The second-order valence-corrected chi connectivity index (χ2v) is 5.45. The summed E-state index contributed by atoms with van der Waals surface area (Å²) in [5.41, 5.74) is -0.768. The van der Waals surface area contributed by atoms with Crippen molar-refractivity contribution in [1.29, 1.82) is 0 Å². The molecule has 0 spiro atoms. The molecule has 1 aliphatic rings. The summed E-state index contributed by atoms with van der Waals surface area (Å²) in [6.07, 6.45) is 1.35. The smallest absolute Gasteiger partial charge is 0.393 e. The highest BCUT2D eigenvalue weighted by molar-refractivity contribution is 9.11. The third-order valence-corrected chi connectivity index (χ3v) is 4.04. The van der Waals surface area contributed by atoms with Gasteiger partial charge in [0.2, 0.25) is 0 Å². The summed E-state index contributed by atoms with van der Waals surface area (Å²) in [5.74, 6) is -0.785. The number of carbonyl (C=O) groups excluding carboxylic acids is 2. The van der Waals surface area contributed by atoms with Crippen molar-refractivity contribution in [1.82, 2.24) is 0 Å². The summed E-state index contributed by atoms with van der Waals surface area (Å²) in [4.78, 5) is 27.2. The lowest BCUT2D eigenvalue weighted by molar-refractivity contribution is -0.144. The van der Waals surface area contributed by atoms with Gasteiger partial charge in [-0.3, -0.25) is 4.85 Å². The molecule has 0 aliphatic heterocycles. The fourth-order valence-electron chi connectivity index (χ4n) is 1.02. The van der Waals surface area contributed by atoms with E-state index in [0.717, 1.165) is 10.7 Å². The monoisotopic (exact) mass is 438 g/mol. The molecule has 0 N–H and O–H groups in total. The Kier molecular flexibility index (Phi) is 15.6. The van der Waals surface area contributed by atoms with E-state index < -0.39 is 11.5 Å². The first-order valence-corrected chi connectivity index (χ1v) is 8.88. The maximum atomic E-state index is 10.9. The number of halogens is 2. The zero-order valence-electron chi connectivity index (χ0n) is 12.7. The molecule has 6 nitrogen and oxygen atoms in total. The Morgan fingerprint density at radius 1 is 1.09 bits per heavy atom. The molecule has 1 rings (SSSR count). The van der Waals surface area contributed by atoms with Crippen molar-refractivity contribution >= 4 is 43.8 Å². The second kappa shape index (κ2) is 14.8. The van der Waals surface area contributed by atoms with E-state index in [4.69, 9.17) is 17.9 Å². The number of hydrogen-bond donors (Lipinski definition) is 0. The van der Waals surface area contributed by atoms with Crippen LogP contribution in [0.1, 0.15) is 26.7 Å². The zero-order chi connectivity index (χ0) is 17.4. The summed E-state index contributed by atoms with van der Waals surface area (Å²) in [7, 11) is 0. The van der Waals surface area contributed by atoms with Gasteiger partial charge in [-0.15, -0.1) is 0 Å². The zero-order valence-corrected chi connectivity index (χ0v) is 15.9. The molecule has 1 saturated carbocycles. The van der Waals surface area contributed by atoms with Gasteiger partial charge in [0.25, 0.3) is 0 Å². The van der Waals surface area contributed by atoms with Crippen molar-refractivity contribution in [2.24, 2.45) is 0 Å². The van der Waals surface area contributed by atoms with Gasteiger partial charge in [-0.1, -0.05) is 31.9 Å². The molecule has 0 saturated heterocycles. The predicted octanol–water partition coefficient (Wildman–Crippen LogP) is 3.25. The Morgan fingerprint density at radius 2 is 1.59 bits per heavy atom. The van der Waals surface area contributed by atoms with Crippen LogP contribution in [-0.2, 0) is 19.1 Å². The molecule has 0 radical (unpaired) electrons. The van der Waals surface area contributed by atoms with E-state index in [2.05, 4.69) is 46.3 Å². The summed E-state index contributed by atoms with van der Waals surface area (Å²) in [6.45, 7) is 17.0. The van der Waals surface area contributed by atoms with E-state index in [-0.39, 0.29) is 12.5 Å². The quantitative estimate of drug-likeness (QED) is 0.374. The van der Waals surface area contributed by atoms with Crippen LogP contribution in [0.15, 0.2) is 0 Å². The van der Waals surface area contributed by atoms with Crippen LogP contribution in [0.3, 0.4) is 0 Å². The van der Waals surface area contributed by atoms with Gasteiger partial charge in [0.05, 0.1) is 13.2 Å². The van der Waals surface area contributed by atoms with Gasteiger partial charge in [-0.05, 0) is 13.8 Å². The number of nitrogens with zero attached hydrogens (tertiary/aromatic N) is 2. The van der Waals surface area contributed by atoms with Crippen LogP contribution in [0.4, 0.5) is 0 Å². The molecular formula is C14H20Br2N2O4. The van der Waals surface area contributed by atoms with Gasteiger partial charge in [0.15, 0.2) is 0 Å². The summed E-state index contributed by atoms with van der Waals surface area (Å²) < 4.78 is 9.14. The SMILES string of the molecule is BrCCBr.[C-]#[N+]C1(C(=O)OCC)CC1.[C-]#[N+]CC(=O)OCC. The predicted molar refractivity (Wildman–Crippen MR) is 90.9 cm³/mol. The molecule has 0 atom stereocenters. The largest absolute Gasteiger partial charge is 0.460 e. The number of rotatable bonds is 5. The maximum Gasteiger partial charge on any atom is 0.393 e. The molecule has 1 fully saturated rings. The Balaban J connectivity index is 0. The Bertz CT molecular complexity index is 410. The van der Waals surface area contributed by atoms with Crippen LogP contribution in [0, 0.1) is 13.1 Å². The molecule has 0 amide bonds. The highest BCUT2D eigenvalue weighted by atomic mass is 79.9. The van der Waals surface area contributed by atoms with Gasteiger partial charge in [0, 0.05) is 23.5 Å². The third kappa shape index (κ3) is 11.5. The Hall–Kier alpha value is -1.12. The highest BCUT2D eigenvalue weighted by Gasteiger charge is 2.60. The lowest BCUT2D eigenvalue weighted by Gasteiger charge is -2.00. The van der Waals surface area contributed by atoms with E-state index >= 15 is 0 Å². The van der Waals surface area contributed by atoms with Crippen molar-refractivity contribution in [3.63, 3.8) is 0 Å². The first-order valence-electron chi connectivity index (χ1n) is 6.64. The fourth-order valence-corrected chi connectivity index (χ4v) is 1.02. The van der Waals surface area contributed by atoms with Gasteiger partial charge in [-0.2, -0.15) is 0 Å². The molecule has 0 aromatic carbocycles. The van der Waals surface area contributed by atoms with Crippen molar-refractivity contribution < 1.29 is 19.1 Å². The van der Waals surface area contributed by atoms with Crippen molar-refractivity contribution in [2.75, 3.05) is 30.4 Å². The standard InChI is InChI=1S/C7H9NO2.C5H7NO2.C2H4Br2/c1-3-10-6(9)7(8-2)4-5-7;1-3-8-5(7)4-6-2;3-1-2-4/h3-5H2,1H3;3-4H2,1H3;1-2H2. The number of esters is 2. The van der Waals surface area contributed by atoms with E-state index in [9.17, 15) is 9.59 Å². The molecule has 0 heterocycles. The van der Waals surface area contributed by atoms with Crippen LogP contribution in [0.2, 0.25) is 0 Å². The van der Waals surface area contributed by atoms with E-state index in [1.165, 1.54) is 0 Å². The number of alkyl halides is 2. The van der Waals surface area contributed by atoms with Gasteiger partial charge >= 0.3 is 24.0 Å². The van der Waals surface area contributed by atoms with E-state index in [1.54, 1.807) is 13.8 Å². The van der Waals surface area contributed by atoms with Gasteiger partial charge in [-0.25, -0.2) is 22.7 Å². The molecular weight excluding hydrogens is 420 g/mol. The summed E-state index contributed by atoms with van der Waals surface area (Å²) >= 11 is 6.40. The van der Waals surface area contributed by atoms with Crippen LogP contribution in [-0.4, -0.2) is 47.9 Å². The molecule has 0 aromatic rings. The van der Waals surface area contributed by atoms with Gasteiger partial charge in [0.1, 0.15) is 0 Å². The molecule has 22 heavy (non-hydrogen) atoms. The maximum absolute atomic E-state index is 10.9. The fraction of sp³-hybridized carbons (Fsp3) is 0.714. The Labute approximate surface area is 148 Å². The first kappa shape index (κ1) is 23.2. The number of hydrogen-bond acceptors (Lipinski definition) is 4. The molecule has 8 heteroatoms. The van der Waals surface area contributed by atoms with E-state index in [0.29, 0.717) is 26.1 Å². The van der Waals surface area contributed by atoms with Gasteiger partial charge < -0.3 is 14.3 Å². The second-order valence-electron chi connectivity index (χ2n) is 3.86. The van der Waals surface area contributed by atoms with Crippen molar-refractivity contribution in [2.45, 2.75) is 32.2 Å². The lowest BCUT2D eigenvalue weighted by Crippen LogP contribution is -2.21. The van der Waals surface area contributed by atoms with Crippen molar-refractivity contribution in [3.8, 4) is 0 Å².